The molecule has 0 aliphatic rings. The molecule has 0 unspecified atom stereocenters. The maximum Gasteiger partial charge on any atom is 0.0181 e. The van der Waals surface area contributed by atoms with Gasteiger partial charge in [0.2, 0.25) is 0 Å². The topological polar surface area (TPSA) is 65.2 Å². The minimum atomic E-state index is 0. The molecule has 0 saturated heterocycles. The molecule has 0 atom stereocenters. The summed E-state index contributed by atoms with van der Waals surface area (Å²) in [5.74, 6) is 0. The third-order valence-corrected chi connectivity index (χ3v) is 1.79. The van der Waals surface area contributed by atoms with Crippen LogP contribution in [-0.2, 0) is 17.1 Å². The van der Waals surface area contributed by atoms with Crippen molar-refractivity contribution < 1.29 is 27.5 Å². The second-order valence-corrected chi connectivity index (χ2v) is 2.93. The monoisotopic (exact) mass is 272 g/mol. The molecule has 0 fully saturated rings. The van der Waals surface area contributed by atoms with Gasteiger partial charge in [-0.15, -0.1) is 21.4 Å². The minimum absolute atomic E-state index is 0. The van der Waals surface area contributed by atoms with Gasteiger partial charge in [0.25, 0.3) is 0 Å². The van der Waals surface area contributed by atoms with Crippen molar-refractivity contribution in [2.24, 2.45) is 10.3 Å². The molecule has 2 rings (SSSR count). The van der Waals surface area contributed by atoms with E-state index in [1.807, 2.05) is 48.5 Å². The summed E-state index contributed by atoms with van der Waals surface area (Å²) in [6.07, 6.45) is 2.78. The summed E-state index contributed by atoms with van der Waals surface area (Å²) in [7, 11) is 0. The molecule has 0 bridgehead atoms. The number of hydrogen-bond donors (Lipinski definition) is 2. The average molecular weight is 272 g/mol. The fourth-order valence-electron chi connectivity index (χ4n) is 1.08. The van der Waals surface area contributed by atoms with E-state index in [1.165, 1.54) is 12.4 Å². The summed E-state index contributed by atoms with van der Waals surface area (Å²) < 4.78 is 0. The summed E-state index contributed by atoms with van der Waals surface area (Å²) in [4.78, 5) is 0. The maximum absolute atomic E-state index is 8.01. The van der Waals surface area contributed by atoms with Crippen LogP contribution in [0, 0.1) is 0 Å². The molecule has 0 heterocycles. The zero-order chi connectivity index (χ0) is 11.6. The fraction of sp³-hybridized carbons (Fsp3) is 0. The SMILES string of the molecule is ON=C[c-]1cccc1.ON=C[c-]1cccc1.[Fe]. The van der Waals surface area contributed by atoms with Crippen molar-refractivity contribution in [2.75, 3.05) is 0 Å². The van der Waals surface area contributed by atoms with Gasteiger partial charge in [0.15, 0.2) is 0 Å². The van der Waals surface area contributed by atoms with Crippen LogP contribution < -0.4 is 0 Å². The van der Waals surface area contributed by atoms with Gasteiger partial charge in [-0.1, -0.05) is 0 Å². The van der Waals surface area contributed by atoms with E-state index in [9.17, 15) is 0 Å². The number of hydrogen-bond acceptors (Lipinski definition) is 4. The van der Waals surface area contributed by atoms with Gasteiger partial charge in [-0.25, -0.2) is 24.3 Å². The Morgan fingerprint density at radius 3 is 1.24 bits per heavy atom. The first-order valence-corrected chi connectivity index (χ1v) is 4.65. The summed E-state index contributed by atoms with van der Waals surface area (Å²) >= 11 is 0. The number of oxime groups is 2. The number of nitrogens with zero attached hydrogens (tertiary/aromatic N) is 2. The Morgan fingerprint density at radius 2 is 1.00 bits per heavy atom. The van der Waals surface area contributed by atoms with E-state index in [2.05, 4.69) is 10.3 Å². The van der Waals surface area contributed by atoms with Crippen molar-refractivity contribution in [3.05, 3.63) is 59.7 Å². The Morgan fingerprint density at radius 1 is 0.706 bits per heavy atom. The van der Waals surface area contributed by atoms with Crippen LogP contribution in [0.25, 0.3) is 0 Å². The molecule has 0 radical (unpaired) electrons. The first-order valence-electron chi connectivity index (χ1n) is 4.65. The summed E-state index contributed by atoms with van der Waals surface area (Å²) in [5, 5.41) is 21.7. The van der Waals surface area contributed by atoms with Crippen LogP contribution in [0.15, 0.2) is 58.8 Å². The Bertz CT molecular complexity index is 377. The van der Waals surface area contributed by atoms with E-state index in [1.54, 1.807) is 0 Å². The first kappa shape index (κ1) is 15.2. The van der Waals surface area contributed by atoms with E-state index in [-0.39, 0.29) is 17.1 Å². The van der Waals surface area contributed by atoms with Crippen LogP contribution in [0.4, 0.5) is 0 Å². The normalized spacial score (nSPS) is 9.88. The van der Waals surface area contributed by atoms with Gasteiger partial charge in [0.05, 0.1) is 0 Å². The Balaban J connectivity index is 0.000000284. The van der Waals surface area contributed by atoms with E-state index in [0.29, 0.717) is 0 Å². The van der Waals surface area contributed by atoms with E-state index < -0.39 is 0 Å². The Labute approximate surface area is 110 Å². The predicted molar refractivity (Wildman–Crippen MR) is 62.8 cm³/mol. The Kier molecular flexibility index (Phi) is 8.37. The maximum atomic E-state index is 8.01. The zero-order valence-corrected chi connectivity index (χ0v) is 10.0. The number of rotatable bonds is 2. The quantitative estimate of drug-likeness (QED) is 0.290. The van der Waals surface area contributed by atoms with Gasteiger partial charge in [-0.2, -0.15) is 24.3 Å². The molecule has 2 N–H and O–H groups in total. The summed E-state index contributed by atoms with van der Waals surface area (Å²) in [6.45, 7) is 0. The molecule has 92 valence electrons. The standard InChI is InChI=1S/2C6H6NO.Fe/c2*8-7-5-6-3-1-2-4-6;/h2*1-5,8H;/q2*-1;. The predicted octanol–water partition coefficient (Wildman–Crippen LogP) is 2.42. The van der Waals surface area contributed by atoms with Gasteiger partial charge in [0.1, 0.15) is 0 Å². The largest absolute Gasteiger partial charge is 0.412 e. The van der Waals surface area contributed by atoms with E-state index in [4.69, 9.17) is 10.4 Å². The average Bonchev–Trinajstić information content (AvgIpc) is 2.92. The van der Waals surface area contributed by atoms with Gasteiger partial charge in [0, 0.05) is 29.5 Å². The minimum Gasteiger partial charge on any atom is -0.412 e. The molecule has 2 aromatic carbocycles. The molecule has 2 aromatic rings. The van der Waals surface area contributed by atoms with E-state index in [0.717, 1.165) is 11.1 Å². The van der Waals surface area contributed by atoms with Crippen LogP contribution in [0.2, 0.25) is 0 Å². The van der Waals surface area contributed by atoms with Crippen molar-refractivity contribution in [1.82, 2.24) is 0 Å². The molecule has 0 spiro atoms. The van der Waals surface area contributed by atoms with Crippen LogP contribution in [-0.4, -0.2) is 22.8 Å². The van der Waals surface area contributed by atoms with Crippen molar-refractivity contribution >= 4 is 12.4 Å². The smallest absolute Gasteiger partial charge is 0.0181 e. The van der Waals surface area contributed by atoms with Crippen LogP contribution in [0.3, 0.4) is 0 Å². The molecule has 0 aliphatic carbocycles. The zero-order valence-electron chi connectivity index (χ0n) is 8.92. The van der Waals surface area contributed by atoms with Crippen LogP contribution in [0.5, 0.6) is 0 Å². The van der Waals surface area contributed by atoms with Gasteiger partial charge < -0.3 is 10.4 Å². The molecular formula is C12H12FeN2O2-2. The fourth-order valence-corrected chi connectivity index (χ4v) is 1.08. The molecule has 5 heteroatoms. The molecule has 0 aromatic heterocycles. The molecule has 0 amide bonds. The van der Waals surface area contributed by atoms with Gasteiger partial charge in [-0.05, 0) is 0 Å². The third-order valence-electron chi connectivity index (χ3n) is 1.79. The van der Waals surface area contributed by atoms with Crippen LogP contribution >= 0.6 is 0 Å². The molecule has 4 nitrogen and oxygen atoms in total. The van der Waals surface area contributed by atoms with E-state index >= 15 is 0 Å². The summed E-state index contributed by atoms with van der Waals surface area (Å²) in [5.41, 5.74) is 1.85. The molecule has 0 aliphatic heterocycles. The second-order valence-electron chi connectivity index (χ2n) is 2.93. The second kappa shape index (κ2) is 9.39. The third kappa shape index (κ3) is 6.35. The molecule has 17 heavy (non-hydrogen) atoms. The summed E-state index contributed by atoms with van der Waals surface area (Å²) in [6, 6.07) is 15.0. The van der Waals surface area contributed by atoms with Crippen molar-refractivity contribution in [3.63, 3.8) is 0 Å². The molecule has 0 saturated carbocycles. The van der Waals surface area contributed by atoms with Crippen molar-refractivity contribution in [1.29, 1.82) is 0 Å². The Hall–Kier alpha value is -1.84. The van der Waals surface area contributed by atoms with Crippen LogP contribution in [0.1, 0.15) is 11.1 Å². The van der Waals surface area contributed by atoms with Crippen molar-refractivity contribution in [2.45, 2.75) is 0 Å². The molecular weight excluding hydrogens is 260 g/mol. The van der Waals surface area contributed by atoms with Crippen molar-refractivity contribution in [3.8, 4) is 0 Å². The van der Waals surface area contributed by atoms with Gasteiger partial charge in [-0.3, -0.25) is 0 Å². The first-order chi connectivity index (χ1) is 7.86. The van der Waals surface area contributed by atoms with Gasteiger partial charge >= 0.3 is 0 Å².